The lowest BCUT2D eigenvalue weighted by atomic mass is 9.87. The molecule has 0 radical (unpaired) electrons. The quantitative estimate of drug-likeness (QED) is 0.543. The van der Waals surface area contributed by atoms with E-state index in [1.165, 1.54) is 16.5 Å². The van der Waals surface area contributed by atoms with Gasteiger partial charge >= 0.3 is 0 Å². The predicted octanol–water partition coefficient (Wildman–Crippen LogP) is 3.15. The Morgan fingerprint density at radius 2 is 1.81 bits per heavy atom. The molecule has 3 amide bonds. The Labute approximate surface area is 214 Å². The second-order valence-corrected chi connectivity index (χ2v) is 10.1. The van der Waals surface area contributed by atoms with Crippen molar-refractivity contribution in [1.29, 1.82) is 0 Å². The smallest absolute Gasteiger partial charge is 0.255 e. The number of carbonyl (C=O) groups excluding carboxylic acids is 3. The number of carbonyl (C=O) groups is 3. The molecule has 0 spiro atoms. The maximum Gasteiger partial charge on any atom is 0.255 e. The number of nitrogens with one attached hydrogen (secondary N) is 1. The minimum absolute atomic E-state index is 0.0879. The molecular weight excluding hydrogens is 473 g/mol. The number of halogens is 1. The van der Waals surface area contributed by atoms with E-state index in [0.29, 0.717) is 17.5 Å². The summed E-state index contributed by atoms with van der Waals surface area (Å²) < 4.78 is 17.2. The molecule has 3 aliphatic rings. The molecule has 190 valence electrons. The molecule has 0 bridgehead atoms. The van der Waals surface area contributed by atoms with Crippen LogP contribution in [-0.4, -0.2) is 56.2 Å². The van der Waals surface area contributed by atoms with Crippen LogP contribution in [0.5, 0.6) is 0 Å². The highest BCUT2D eigenvalue weighted by molar-refractivity contribution is 6.05. The van der Waals surface area contributed by atoms with Crippen LogP contribution < -0.4 is 5.32 Å². The first-order valence-electron chi connectivity index (χ1n) is 12.7. The standard InChI is InChI=1S/C28H28FN5O3/c29-24-14-23-20(16-34(28(23)37)25-5-6-26(35)31-27(25)36)13-22(24)19-7-10-32(11-8-19)15-18-1-3-21(4-2-18)33-12-9-30-17-33/h1-4,9,12-14,17,19,25H,5-8,10-11,15-16H2,(H,31,35,36). The number of nitrogens with zero attached hydrogens (tertiary/aromatic N) is 4. The van der Waals surface area contributed by atoms with Crippen molar-refractivity contribution in [2.24, 2.45) is 0 Å². The van der Waals surface area contributed by atoms with Crippen molar-refractivity contribution in [2.45, 2.75) is 50.7 Å². The van der Waals surface area contributed by atoms with E-state index in [9.17, 15) is 14.4 Å². The van der Waals surface area contributed by atoms with E-state index in [4.69, 9.17) is 0 Å². The molecule has 0 aliphatic carbocycles. The molecule has 2 aromatic carbocycles. The number of hydrogen-bond acceptors (Lipinski definition) is 5. The zero-order valence-electron chi connectivity index (χ0n) is 20.4. The van der Waals surface area contributed by atoms with Crippen LogP contribution in [0.3, 0.4) is 0 Å². The molecule has 8 nitrogen and oxygen atoms in total. The van der Waals surface area contributed by atoms with E-state index >= 15 is 4.39 Å². The van der Waals surface area contributed by atoms with Gasteiger partial charge in [-0.1, -0.05) is 18.2 Å². The number of hydrogen-bond donors (Lipinski definition) is 1. The Morgan fingerprint density at radius 3 is 2.51 bits per heavy atom. The summed E-state index contributed by atoms with van der Waals surface area (Å²) in [6.45, 7) is 2.85. The number of likely N-dealkylation sites (tertiary alicyclic amines) is 1. The Kier molecular flexibility index (Phi) is 6.08. The molecule has 1 unspecified atom stereocenters. The Morgan fingerprint density at radius 1 is 1.03 bits per heavy atom. The lowest BCUT2D eigenvalue weighted by molar-refractivity contribution is -0.136. The summed E-state index contributed by atoms with van der Waals surface area (Å²) in [5, 5.41) is 2.30. The largest absolute Gasteiger partial charge is 0.322 e. The minimum Gasteiger partial charge on any atom is -0.322 e. The van der Waals surface area contributed by atoms with Gasteiger partial charge in [-0.05, 0) is 73.2 Å². The van der Waals surface area contributed by atoms with Crippen molar-refractivity contribution in [3.8, 4) is 5.69 Å². The van der Waals surface area contributed by atoms with Crippen LogP contribution >= 0.6 is 0 Å². The zero-order valence-corrected chi connectivity index (χ0v) is 20.4. The van der Waals surface area contributed by atoms with Crippen molar-refractivity contribution in [2.75, 3.05) is 13.1 Å². The van der Waals surface area contributed by atoms with Gasteiger partial charge in [-0.2, -0.15) is 0 Å². The molecule has 1 atom stereocenters. The molecule has 6 rings (SSSR count). The summed E-state index contributed by atoms with van der Waals surface area (Å²) >= 11 is 0. The maximum atomic E-state index is 15.2. The molecule has 3 aliphatic heterocycles. The van der Waals surface area contributed by atoms with Crippen LogP contribution in [0.4, 0.5) is 4.39 Å². The predicted molar refractivity (Wildman–Crippen MR) is 133 cm³/mol. The van der Waals surface area contributed by atoms with E-state index < -0.39 is 11.9 Å². The molecule has 2 saturated heterocycles. The number of rotatable bonds is 5. The molecule has 37 heavy (non-hydrogen) atoms. The van der Waals surface area contributed by atoms with Crippen LogP contribution in [0.1, 0.15) is 58.6 Å². The van der Waals surface area contributed by atoms with Gasteiger partial charge in [-0.15, -0.1) is 0 Å². The third-order valence-electron chi connectivity index (χ3n) is 7.81. The van der Waals surface area contributed by atoms with E-state index in [-0.39, 0.29) is 36.5 Å². The molecular formula is C28H28FN5O3. The molecule has 2 fully saturated rings. The average molecular weight is 502 g/mol. The summed E-state index contributed by atoms with van der Waals surface area (Å²) in [6.07, 6.45) is 7.63. The number of fused-ring (bicyclic) bond motifs is 1. The first-order chi connectivity index (χ1) is 18.0. The Hall–Kier alpha value is -3.85. The van der Waals surface area contributed by atoms with Gasteiger partial charge in [-0.3, -0.25) is 24.6 Å². The van der Waals surface area contributed by atoms with Gasteiger partial charge in [0.2, 0.25) is 11.8 Å². The van der Waals surface area contributed by atoms with Crippen LogP contribution in [0, 0.1) is 5.82 Å². The number of benzene rings is 2. The minimum atomic E-state index is -0.693. The second-order valence-electron chi connectivity index (χ2n) is 10.1. The van der Waals surface area contributed by atoms with Crippen LogP contribution in [-0.2, 0) is 22.7 Å². The van der Waals surface area contributed by atoms with Gasteiger partial charge in [0.25, 0.3) is 5.91 Å². The lowest BCUT2D eigenvalue weighted by Crippen LogP contribution is -2.52. The van der Waals surface area contributed by atoms with Crippen LogP contribution in [0.25, 0.3) is 5.69 Å². The van der Waals surface area contributed by atoms with E-state index in [0.717, 1.165) is 43.7 Å². The summed E-state index contributed by atoms with van der Waals surface area (Å²) in [6, 6.07) is 10.9. The van der Waals surface area contributed by atoms with Crippen molar-refractivity contribution in [3.05, 3.63) is 83.2 Å². The third-order valence-corrected chi connectivity index (χ3v) is 7.81. The number of imide groups is 1. The fraction of sp³-hybridized carbons (Fsp3) is 0.357. The molecule has 0 saturated carbocycles. The number of imidazole rings is 1. The van der Waals surface area contributed by atoms with Gasteiger partial charge in [0.1, 0.15) is 11.9 Å². The van der Waals surface area contributed by atoms with Crippen LogP contribution in [0.15, 0.2) is 55.1 Å². The van der Waals surface area contributed by atoms with Crippen molar-refractivity contribution >= 4 is 17.7 Å². The summed E-state index contributed by atoms with van der Waals surface area (Å²) in [4.78, 5) is 44.7. The van der Waals surface area contributed by atoms with Crippen LogP contribution in [0.2, 0.25) is 0 Å². The van der Waals surface area contributed by atoms with E-state index in [2.05, 4.69) is 39.5 Å². The molecule has 4 heterocycles. The molecule has 9 heteroatoms. The van der Waals surface area contributed by atoms with Gasteiger partial charge < -0.3 is 9.47 Å². The lowest BCUT2D eigenvalue weighted by Gasteiger charge is -2.32. The highest BCUT2D eigenvalue weighted by atomic mass is 19.1. The Bertz CT molecular complexity index is 1350. The van der Waals surface area contributed by atoms with E-state index in [1.54, 1.807) is 12.5 Å². The topological polar surface area (TPSA) is 87.5 Å². The SMILES string of the molecule is O=C1CCC(N2Cc3cc(C4CCN(Cc5ccc(-n6ccnc6)cc5)CC4)c(F)cc3C2=O)C(=O)N1. The number of piperidine rings is 2. The molecule has 1 aromatic heterocycles. The molecule has 3 aromatic rings. The fourth-order valence-corrected chi connectivity index (χ4v) is 5.77. The third kappa shape index (κ3) is 4.55. The van der Waals surface area contributed by atoms with Gasteiger partial charge in [0.15, 0.2) is 0 Å². The fourth-order valence-electron chi connectivity index (χ4n) is 5.77. The van der Waals surface area contributed by atoms with Gasteiger partial charge in [0, 0.05) is 43.2 Å². The normalized spacial score (nSPS) is 20.8. The first-order valence-corrected chi connectivity index (χ1v) is 12.7. The van der Waals surface area contributed by atoms with E-state index in [1.807, 2.05) is 16.8 Å². The second kappa shape index (κ2) is 9.55. The summed E-state index contributed by atoms with van der Waals surface area (Å²) in [7, 11) is 0. The van der Waals surface area contributed by atoms with Crippen molar-refractivity contribution in [1.82, 2.24) is 24.7 Å². The first kappa shape index (κ1) is 23.5. The average Bonchev–Trinajstić information content (AvgIpc) is 3.54. The zero-order chi connectivity index (χ0) is 25.5. The maximum absolute atomic E-state index is 15.2. The summed E-state index contributed by atoms with van der Waals surface area (Å²) in [5.74, 6) is -1.39. The highest BCUT2D eigenvalue weighted by Crippen LogP contribution is 2.35. The number of amides is 3. The highest BCUT2D eigenvalue weighted by Gasteiger charge is 2.40. The van der Waals surface area contributed by atoms with Gasteiger partial charge in [-0.25, -0.2) is 9.37 Å². The van der Waals surface area contributed by atoms with Gasteiger partial charge in [0.05, 0.1) is 6.33 Å². The number of aromatic nitrogens is 2. The van der Waals surface area contributed by atoms with Crippen molar-refractivity contribution in [3.63, 3.8) is 0 Å². The monoisotopic (exact) mass is 501 g/mol. The Balaban J connectivity index is 1.09. The molecule has 1 N–H and O–H groups in total. The summed E-state index contributed by atoms with van der Waals surface area (Å²) in [5.41, 5.74) is 4.04. The van der Waals surface area contributed by atoms with Crippen molar-refractivity contribution < 1.29 is 18.8 Å².